The molecule has 0 saturated carbocycles. The summed E-state index contributed by atoms with van der Waals surface area (Å²) in [7, 11) is 0. The Kier molecular flexibility index (Phi) is 4.96. The van der Waals surface area contributed by atoms with Gasteiger partial charge in [0.2, 0.25) is 0 Å². The van der Waals surface area contributed by atoms with Crippen molar-refractivity contribution >= 4 is 32.6 Å². The molecule has 188 valence electrons. The van der Waals surface area contributed by atoms with Gasteiger partial charge in [-0.3, -0.25) is 0 Å². The zero-order valence-corrected chi connectivity index (χ0v) is 21.1. The number of hydrogen-bond acceptors (Lipinski definition) is 6. The van der Waals surface area contributed by atoms with Crippen LogP contribution in [0.4, 0.5) is 0 Å². The van der Waals surface area contributed by atoms with Crippen LogP contribution >= 0.6 is 0 Å². The first-order chi connectivity index (χ1) is 19.8. The first kappa shape index (κ1) is 22.2. The Morgan fingerprint density at radius 3 is 1.40 bits per heavy atom. The highest BCUT2D eigenvalue weighted by Gasteiger charge is 2.15. The van der Waals surface area contributed by atoms with E-state index >= 15 is 0 Å². The molecule has 8 nitrogen and oxygen atoms in total. The minimum Gasteiger partial charge on any atom is -0.248 e. The zero-order valence-electron chi connectivity index (χ0n) is 21.1. The fourth-order valence-electron chi connectivity index (χ4n) is 5.01. The molecule has 5 aromatic heterocycles. The molecule has 5 heterocycles. The van der Waals surface area contributed by atoms with Gasteiger partial charge >= 0.3 is 0 Å². The highest BCUT2D eigenvalue weighted by molar-refractivity contribution is 5.93. The van der Waals surface area contributed by atoms with E-state index in [1.54, 1.807) is 21.8 Å². The number of rotatable bonds is 4. The summed E-state index contributed by atoms with van der Waals surface area (Å²) in [6.45, 7) is 0. The lowest BCUT2D eigenvalue weighted by Crippen LogP contribution is -2.06. The molecule has 0 aliphatic heterocycles. The minimum absolute atomic E-state index is 0.634. The maximum absolute atomic E-state index is 4.81. The van der Waals surface area contributed by atoms with Crippen molar-refractivity contribution in [3.05, 3.63) is 122 Å². The number of para-hydroxylation sites is 2. The number of nitrogens with zero attached hydrogens (tertiary/aromatic N) is 8. The second kappa shape index (κ2) is 8.92. The van der Waals surface area contributed by atoms with E-state index < -0.39 is 0 Å². The van der Waals surface area contributed by atoms with Crippen LogP contribution in [0.3, 0.4) is 0 Å². The van der Waals surface area contributed by atoms with Crippen molar-refractivity contribution in [2.75, 3.05) is 0 Å². The third-order valence-corrected chi connectivity index (χ3v) is 7.04. The van der Waals surface area contributed by atoms with Crippen LogP contribution in [0.2, 0.25) is 0 Å². The van der Waals surface area contributed by atoms with Crippen LogP contribution < -0.4 is 0 Å². The van der Waals surface area contributed by atoms with Crippen LogP contribution in [0, 0.1) is 0 Å². The fourth-order valence-corrected chi connectivity index (χ4v) is 5.01. The Morgan fingerprint density at radius 2 is 0.900 bits per heavy atom. The SMILES string of the molecule is c1ccc2nc(-c3cnn(-c4nnc(-n5cc(-c6ccc7ccccc7n6)cn5)c5ccccc45)c3)ccc2c1. The number of aromatic nitrogens is 8. The Hall–Kier alpha value is -5.76. The average Bonchev–Trinajstić information content (AvgIpc) is 3.71. The van der Waals surface area contributed by atoms with Crippen LogP contribution in [0.1, 0.15) is 0 Å². The Balaban J connectivity index is 1.18. The summed E-state index contributed by atoms with van der Waals surface area (Å²) in [6, 6.07) is 32.3. The van der Waals surface area contributed by atoms with E-state index in [0.29, 0.717) is 11.6 Å². The van der Waals surface area contributed by atoms with Crippen LogP contribution in [0.5, 0.6) is 0 Å². The smallest absolute Gasteiger partial charge is 0.183 e. The molecule has 0 unspecified atom stereocenters. The summed E-state index contributed by atoms with van der Waals surface area (Å²) in [6.07, 6.45) is 7.48. The lowest BCUT2D eigenvalue weighted by molar-refractivity contribution is 0.787. The molecule has 0 radical (unpaired) electrons. The minimum atomic E-state index is 0.634. The van der Waals surface area contributed by atoms with Gasteiger partial charge in [0.25, 0.3) is 0 Å². The molecule has 8 rings (SSSR count). The monoisotopic (exact) mass is 516 g/mol. The molecule has 0 atom stereocenters. The predicted molar refractivity (Wildman–Crippen MR) is 155 cm³/mol. The van der Waals surface area contributed by atoms with Gasteiger partial charge in [-0.05, 0) is 24.3 Å². The van der Waals surface area contributed by atoms with Gasteiger partial charge in [0.15, 0.2) is 11.6 Å². The van der Waals surface area contributed by atoms with Gasteiger partial charge in [-0.25, -0.2) is 19.3 Å². The second-order valence-corrected chi connectivity index (χ2v) is 9.52. The highest BCUT2D eigenvalue weighted by Crippen LogP contribution is 2.28. The fraction of sp³-hybridized carbons (Fsp3) is 0. The van der Waals surface area contributed by atoms with Crippen LogP contribution in [-0.2, 0) is 0 Å². The van der Waals surface area contributed by atoms with Crippen LogP contribution in [0.15, 0.2) is 122 Å². The molecule has 8 aromatic rings. The predicted octanol–water partition coefficient (Wildman–Crippen LogP) is 6.43. The van der Waals surface area contributed by atoms with Crippen molar-refractivity contribution in [2.24, 2.45) is 0 Å². The molecule has 0 aliphatic carbocycles. The molecular weight excluding hydrogens is 496 g/mol. The van der Waals surface area contributed by atoms with E-state index in [2.05, 4.69) is 44.7 Å². The van der Waals surface area contributed by atoms with Crippen molar-refractivity contribution in [1.82, 2.24) is 39.7 Å². The molecule has 0 amide bonds. The molecule has 0 spiro atoms. The Bertz CT molecular complexity index is 2040. The van der Waals surface area contributed by atoms with E-state index in [1.807, 2.05) is 85.2 Å². The zero-order chi connectivity index (χ0) is 26.5. The van der Waals surface area contributed by atoms with Crippen molar-refractivity contribution < 1.29 is 0 Å². The summed E-state index contributed by atoms with van der Waals surface area (Å²) in [5.74, 6) is 1.27. The van der Waals surface area contributed by atoms with E-state index in [9.17, 15) is 0 Å². The first-order valence-corrected chi connectivity index (χ1v) is 12.9. The van der Waals surface area contributed by atoms with Gasteiger partial charge in [0.05, 0.1) is 34.8 Å². The summed E-state index contributed by atoms with van der Waals surface area (Å²) >= 11 is 0. The molecule has 0 aliphatic rings. The standard InChI is InChI=1S/C32H20N8/c1-5-11-27-21(7-1)13-15-29(35-27)23-17-33-39(19-23)31-25-9-3-4-10-26(25)32(38-37-31)40-20-24(18-34-40)30-16-14-22-8-2-6-12-28(22)36-30/h1-20H. The van der Waals surface area contributed by atoms with Crippen molar-refractivity contribution in [3.63, 3.8) is 0 Å². The van der Waals surface area contributed by atoms with E-state index in [0.717, 1.165) is 55.1 Å². The molecule has 0 saturated heterocycles. The largest absolute Gasteiger partial charge is 0.248 e. The van der Waals surface area contributed by atoms with Crippen molar-refractivity contribution in [1.29, 1.82) is 0 Å². The second-order valence-electron chi connectivity index (χ2n) is 9.52. The average molecular weight is 517 g/mol. The number of hydrogen-bond donors (Lipinski definition) is 0. The summed E-state index contributed by atoms with van der Waals surface area (Å²) < 4.78 is 3.50. The molecule has 8 heteroatoms. The van der Waals surface area contributed by atoms with Gasteiger partial charge in [-0.15, -0.1) is 10.2 Å². The molecule has 40 heavy (non-hydrogen) atoms. The summed E-state index contributed by atoms with van der Waals surface area (Å²) in [4.78, 5) is 9.61. The number of pyridine rings is 2. The van der Waals surface area contributed by atoms with Crippen LogP contribution in [0.25, 0.3) is 66.7 Å². The third kappa shape index (κ3) is 3.70. The topological polar surface area (TPSA) is 87.2 Å². The van der Waals surface area contributed by atoms with Crippen LogP contribution in [-0.4, -0.2) is 39.7 Å². The molecular formula is C32H20N8. The molecule has 0 bridgehead atoms. The quantitative estimate of drug-likeness (QED) is 0.268. The lowest BCUT2D eigenvalue weighted by atomic mass is 10.1. The Labute approximate surface area is 228 Å². The molecule has 0 N–H and O–H groups in total. The van der Waals surface area contributed by atoms with Gasteiger partial charge in [-0.1, -0.05) is 72.8 Å². The van der Waals surface area contributed by atoms with E-state index in [4.69, 9.17) is 9.97 Å². The maximum Gasteiger partial charge on any atom is 0.183 e. The van der Waals surface area contributed by atoms with Gasteiger partial charge < -0.3 is 0 Å². The first-order valence-electron chi connectivity index (χ1n) is 12.9. The number of fused-ring (bicyclic) bond motifs is 3. The van der Waals surface area contributed by atoms with Gasteiger partial charge in [0.1, 0.15) is 0 Å². The van der Waals surface area contributed by atoms with Gasteiger partial charge in [0, 0.05) is 45.1 Å². The Morgan fingerprint density at radius 1 is 0.450 bits per heavy atom. The number of benzene rings is 3. The lowest BCUT2D eigenvalue weighted by Gasteiger charge is -2.09. The van der Waals surface area contributed by atoms with E-state index in [-0.39, 0.29) is 0 Å². The normalized spacial score (nSPS) is 11.5. The summed E-state index contributed by atoms with van der Waals surface area (Å²) in [5, 5.41) is 22.4. The van der Waals surface area contributed by atoms with E-state index in [1.165, 1.54) is 0 Å². The van der Waals surface area contributed by atoms with Gasteiger partial charge in [-0.2, -0.15) is 10.2 Å². The molecule has 0 fully saturated rings. The molecule has 3 aromatic carbocycles. The maximum atomic E-state index is 4.81. The summed E-state index contributed by atoms with van der Waals surface area (Å²) in [5.41, 5.74) is 5.40. The highest BCUT2D eigenvalue weighted by atomic mass is 15.4. The van der Waals surface area contributed by atoms with Crippen molar-refractivity contribution in [3.8, 4) is 34.2 Å². The van der Waals surface area contributed by atoms with Crippen molar-refractivity contribution in [2.45, 2.75) is 0 Å². The third-order valence-electron chi connectivity index (χ3n) is 7.04.